The van der Waals surface area contributed by atoms with E-state index in [0.29, 0.717) is 5.56 Å². The van der Waals surface area contributed by atoms with Crippen molar-refractivity contribution in [1.82, 2.24) is 0 Å². The first-order valence-electron chi connectivity index (χ1n) is 6.61. The van der Waals surface area contributed by atoms with E-state index in [9.17, 15) is 18.4 Å². The highest BCUT2D eigenvalue weighted by Gasteiger charge is 2.49. The van der Waals surface area contributed by atoms with Gasteiger partial charge in [-0.2, -0.15) is 8.78 Å². The summed E-state index contributed by atoms with van der Waals surface area (Å²) in [4.78, 5) is 23.3. The van der Waals surface area contributed by atoms with E-state index >= 15 is 0 Å². The van der Waals surface area contributed by atoms with Crippen molar-refractivity contribution in [3.8, 4) is 0 Å². The van der Waals surface area contributed by atoms with E-state index in [1.165, 1.54) is 24.3 Å². The summed E-state index contributed by atoms with van der Waals surface area (Å²) in [5.41, 5.74) is 1.26. The van der Waals surface area contributed by atoms with E-state index in [1.54, 1.807) is 24.3 Å². The number of carbonyl (C=O) groups excluding carboxylic acids is 2. The predicted octanol–water partition coefficient (Wildman–Crippen LogP) is 3.56. The van der Waals surface area contributed by atoms with Gasteiger partial charge < -0.3 is 4.74 Å². The molecule has 114 valence electrons. The van der Waals surface area contributed by atoms with E-state index in [1.807, 2.05) is 13.0 Å². The van der Waals surface area contributed by atoms with E-state index in [0.717, 1.165) is 5.56 Å². The lowest BCUT2D eigenvalue weighted by Gasteiger charge is -2.14. The van der Waals surface area contributed by atoms with Crippen LogP contribution in [0, 0.1) is 6.92 Å². The van der Waals surface area contributed by atoms with Crippen molar-refractivity contribution >= 4 is 11.8 Å². The summed E-state index contributed by atoms with van der Waals surface area (Å²) in [7, 11) is 0. The summed E-state index contributed by atoms with van der Waals surface area (Å²) >= 11 is 0. The largest absolute Gasteiger partial charge is 0.456 e. The number of ether oxygens (including phenoxy) is 1. The second-order valence-corrected chi connectivity index (χ2v) is 4.83. The lowest BCUT2D eigenvalue weighted by molar-refractivity contribution is -0.166. The van der Waals surface area contributed by atoms with Crippen molar-refractivity contribution in [2.24, 2.45) is 0 Å². The molecule has 0 fully saturated rings. The standard InChI is InChI=1S/C17H14F2O3/c1-12-6-5-7-13(10-12)11-22-16(21)17(18,19)15(20)14-8-3-2-4-9-14/h2-10H,11H2,1H3. The minimum Gasteiger partial charge on any atom is -0.456 e. The van der Waals surface area contributed by atoms with Crippen LogP contribution in [0.15, 0.2) is 54.6 Å². The van der Waals surface area contributed by atoms with E-state index in [2.05, 4.69) is 4.74 Å². The number of carbonyl (C=O) groups is 2. The zero-order valence-corrected chi connectivity index (χ0v) is 11.9. The Morgan fingerprint density at radius 2 is 1.73 bits per heavy atom. The maximum Gasteiger partial charge on any atom is 0.404 e. The number of hydrogen-bond donors (Lipinski definition) is 0. The van der Waals surface area contributed by atoms with Crippen LogP contribution in [0.4, 0.5) is 8.78 Å². The Morgan fingerprint density at radius 3 is 2.36 bits per heavy atom. The average Bonchev–Trinajstić information content (AvgIpc) is 2.52. The minimum absolute atomic E-state index is 0.236. The molecule has 0 bridgehead atoms. The van der Waals surface area contributed by atoms with Crippen LogP contribution in [-0.2, 0) is 16.1 Å². The van der Waals surface area contributed by atoms with Crippen LogP contribution in [0.3, 0.4) is 0 Å². The maximum atomic E-state index is 13.9. The third kappa shape index (κ3) is 3.55. The first kappa shape index (κ1) is 15.8. The van der Waals surface area contributed by atoms with Gasteiger partial charge in [0.15, 0.2) is 0 Å². The fourth-order valence-electron chi connectivity index (χ4n) is 1.90. The van der Waals surface area contributed by atoms with E-state index in [4.69, 9.17) is 0 Å². The molecule has 2 rings (SSSR count). The molecule has 22 heavy (non-hydrogen) atoms. The second-order valence-electron chi connectivity index (χ2n) is 4.83. The van der Waals surface area contributed by atoms with Crippen LogP contribution in [0.2, 0.25) is 0 Å². The zero-order valence-electron chi connectivity index (χ0n) is 11.9. The number of halogens is 2. The number of Topliss-reactive ketones (excluding diaryl/α,β-unsaturated/α-hetero) is 1. The Hall–Kier alpha value is -2.56. The number of benzene rings is 2. The van der Waals surface area contributed by atoms with E-state index in [-0.39, 0.29) is 12.2 Å². The molecule has 0 N–H and O–H groups in total. The Bertz CT molecular complexity index is 681. The first-order chi connectivity index (χ1) is 10.4. The number of esters is 1. The van der Waals surface area contributed by atoms with Crippen LogP contribution >= 0.6 is 0 Å². The van der Waals surface area contributed by atoms with Crippen molar-refractivity contribution in [2.45, 2.75) is 19.5 Å². The van der Waals surface area contributed by atoms with Gasteiger partial charge in [0.05, 0.1) is 0 Å². The molecule has 0 aliphatic carbocycles. The van der Waals surface area contributed by atoms with Crippen LogP contribution in [0.1, 0.15) is 21.5 Å². The molecule has 0 atom stereocenters. The smallest absolute Gasteiger partial charge is 0.404 e. The average molecular weight is 304 g/mol. The van der Waals surface area contributed by atoms with Gasteiger partial charge in [0.25, 0.3) is 0 Å². The van der Waals surface area contributed by atoms with Crippen LogP contribution in [0.25, 0.3) is 0 Å². The number of alkyl halides is 2. The summed E-state index contributed by atoms with van der Waals surface area (Å²) in [6.45, 7) is 1.52. The molecule has 3 nitrogen and oxygen atoms in total. The maximum absolute atomic E-state index is 13.9. The van der Waals surface area contributed by atoms with Gasteiger partial charge >= 0.3 is 11.9 Å². The Kier molecular flexibility index (Phi) is 4.65. The zero-order chi connectivity index (χ0) is 16.2. The summed E-state index contributed by atoms with van der Waals surface area (Å²) in [5, 5.41) is 0. The molecule has 0 heterocycles. The number of rotatable bonds is 5. The van der Waals surface area contributed by atoms with Gasteiger partial charge in [-0.15, -0.1) is 0 Å². The molecule has 2 aromatic carbocycles. The molecule has 0 amide bonds. The molecule has 5 heteroatoms. The van der Waals surface area contributed by atoms with Crippen molar-refractivity contribution in [3.63, 3.8) is 0 Å². The summed E-state index contributed by atoms with van der Waals surface area (Å²) in [6.07, 6.45) is 0. The third-order valence-corrected chi connectivity index (χ3v) is 3.03. The molecule has 0 aromatic heterocycles. The van der Waals surface area contributed by atoms with Gasteiger partial charge in [0.1, 0.15) is 6.61 Å². The normalized spacial score (nSPS) is 11.0. The van der Waals surface area contributed by atoms with Crippen LogP contribution < -0.4 is 0 Å². The van der Waals surface area contributed by atoms with Crippen LogP contribution in [-0.4, -0.2) is 17.7 Å². The van der Waals surface area contributed by atoms with Crippen molar-refractivity contribution in [3.05, 3.63) is 71.3 Å². The topological polar surface area (TPSA) is 43.4 Å². The van der Waals surface area contributed by atoms with Gasteiger partial charge in [-0.05, 0) is 12.5 Å². The van der Waals surface area contributed by atoms with Gasteiger partial charge in [0.2, 0.25) is 5.78 Å². The Labute approximate surface area is 126 Å². The molecule has 0 aliphatic heterocycles. The second kappa shape index (κ2) is 6.47. The molecule has 0 unspecified atom stereocenters. The number of ketones is 1. The molecule has 0 radical (unpaired) electrons. The summed E-state index contributed by atoms with van der Waals surface area (Å²) in [6, 6.07) is 13.9. The lowest BCUT2D eigenvalue weighted by atomic mass is 10.1. The third-order valence-electron chi connectivity index (χ3n) is 3.03. The van der Waals surface area contributed by atoms with Gasteiger partial charge in [0, 0.05) is 5.56 Å². The quantitative estimate of drug-likeness (QED) is 0.482. The SMILES string of the molecule is Cc1cccc(COC(=O)C(F)(F)C(=O)c2ccccc2)c1. The number of aryl methyl sites for hydroxylation is 1. The van der Waals surface area contributed by atoms with Gasteiger partial charge in [-0.3, -0.25) is 4.79 Å². The van der Waals surface area contributed by atoms with Crippen molar-refractivity contribution in [2.75, 3.05) is 0 Å². The predicted molar refractivity (Wildman–Crippen MR) is 76.7 cm³/mol. The first-order valence-corrected chi connectivity index (χ1v) is 6.61. The molecule has 0 saturated heterocycles. The van der Waals surface area contributed by atoms with Crippen molar-refractivity contribution < 1.29 is 23.1 Å². The molecule has 0 saturated carbocycles. The minimum atomic E-state index is -4.20. The fourth-order valence-corrected chi connectivity index (χ4v) is 1.90. The molecule has 0 aliphatic rings. The molecular weight excluding hydrogens is 290 g/mol. The van der Waals surface area contributed by atoms with Crippen molar-refractivity contribution in [1.29, 1.82) is 0 Å². The lowest BCUT2D eigenvalue weighted by Crippen LogP contribution is -2.39. The molecule has 0 spiro atoms. The Balaban J connectivity index is 2.06. The summed E-state index contributed by atoms with van der Waals surface area (Å²) < 4.78 is 32.3. The van der Waals surface area contributed by atoms with Gasteiger partial charge in [-0.25, -0.2) is 4.79 Å². The number of hydrogen-bond acceptors (Lipinski definition) is 3. The van der Waals surface area contributed by atoms with Gasteiger partial charge in [-0.1, -0.05) is 60.2 Å². The Morgan fingerprint density at radius 1 is 1.05 bits per heavy atom. The summed E-state index contributed by atoms with van der Waals surface area (Å²) in [5.74, 6) is -7.62. The van der Waals surface area contributed by atoms with E-state index < -0.39 is 17.7 Å². The molecular formula is C17H14F2O3. The molecule has 2 aromatic rings. The van der Waals surface area contributed by atoms with Crippen LogP contribution in [0.5, 0.6) is 0 Å². The highest BCUT2D eigenvalue weighted by atomic mass is 19.3. The highest BCUT2D eigenvalue weighted by Crippen LogP contribution is 2.22. The highest BCUT2D eigenvalue weighted by molar-refractivity contribution is 6.13. The fraction of sp³-hybridized carbons (Fsp3) is 0.176. The monoisotopic (exact) mass is 304 g/mol.